The average Bonchev–Trinajstić information content (AvgIpc) is 2.70. The van der Waals surface area contributed by atoms with Gasteiger partial charge < -0.3 is 19.9 Å². The van der Waals surface area contributed by atoms with Crippen LogP contribution in [-0.4, -0.2) is 60.7 Å². The smallest absolute Gasteiger partial charge is 0.387 e. The fourth-order valence-corrected chi connectivity index (χ4v) is 2.94. The van der Waals surface area contributed by atoms with Gasteiger partial charge in [-0.25, -0.2) is 9.97 Å². The van der Waals surface area contributed by atoms with Gasteiger partial charge >= 0.3 is 6.61 Å². The van der Waals surface area contributed by atoms with Crippen LogP contribution >= 0.6 is 0 Å². The summed E-state index contributed by atoms with van der Waals surface area (Å²) in [4.78, 5) is 17.1. The lowest BCUT2D eigenvalue weighted by atomic mass is 10.2. The van der Waals surface area contributed by atoms with E-state index in [-0.39, 0.29) is 5.75 Å². The Kier molecular flexibility index (Phi) is 6.35. The molecule has 0 spiro atoms. The lowest BCUT2D eigenvalue weighted by molar-refractivity contribution is -0.0504. The molecule has 2 heterocycles. The molecule has 0 bridgehead atoms. The van der Waals surface area contributed by atoms with Crippen molar-refractivity contribution in [2.24, 2.45) is 4.99 Å². The first-order chi connectivity index (χ1) is 13.2. The molecule has 1 aliphatic heterocycles. The molecule has 144 valence electrons. The van der Waals surface area contributed by atoms with E-state index in [1.54, 1.807) is 43.7 Å². The summed E-state index contributed by atoms with van der Waals surface area (Å²) in [5.41, 5.74) is 0.648. The largest absolute Gasteiger partial charge is 0.434 e. The lowest BCUT2D eigenvalue weighted by Crippen LogP contribution is -2.52. The molecule has 7 nitrogen and oxygen atoms in total. The number of hydrogen-bond acceptors (Lipinski definition) is 5. The fraction of sp³-hybridized carbons (Fsp3) is 0.389. The number of rotatable bonds is 5. The summed E-state index contributed by atoms with van der Waals surface area (Å²) in [6, 6.07) is 8.53. The number of para-hydroxylation sites is 1. The van der Waals surface area contributed by atoms with Crippen molar-refractivity contribution in [2.45, 2.75) is 13.2 Å². The van der Waals surface area contributed by atoms with E-state index in [4.69, 9.17) is 0 Å². The molecule has 0 aliphatic carbocycles. The predicted octanol–water partition coefficient (Wildman–Crippen LogP) is 1.98. The van der Waals surface area contributed by atoms with Crippen LogP contribution in [0.5, 0.6) is 5.75 Å². The number of aliphatic imine (C=N–C) groups is 1. The molecule has 1 fully saturated rings. The van der Waals surface area contributed by atoms with Crippen LogP contribution in [-0.2, 0) is 6.54 Å². The Bertz CT molecular complexity index is 751. The number of ether oxygens (including phenoxy) is 1. The Morgan fingerprint density at radius 1 is 1.15 bits per heavy atom. The van der Waals surface area contributed by atoms with Crippen molar-refractivity contribution in [3.8, 4) is 5.75 Å². The summed E-state index contributed by atoms with van der Waals surface area (Å²) in [5.74, 6) is 1.61. The molecule has 1 aromatic heterocycles. The molecule has 27 heavy (non-hydrogen) atoms. The number of nitrogens with zero attached hydrogens (tertiary/aromatic N) is 5. The second-order valence-electron chi connectivity index (χ2n) is 5.91. The first kappa shape index (κ1) is 18.8. The maximum atomic E-state index is 12.5. The molecule has 1 N–H and O–H groups in total. The van der Waals surface area contributed by atoms with Crippen molar-refractivity contribution in [3.05, 3.63) is 48.3 Å². The number of nitrogens with one attached hydrogen (secondary N) is 1. The number of hydrogen-bond donors (Lipinski definition) is 1. The zero-order valence-electron chi connectivity index (χ0n) is 15.1. The monoisotopic (exact) mass is 376 g/mol. The zero-order valence-corrected chi connectivity index (χ0v) is 15.1. The van der Waals surface area contributed by atoms with Crippen LogP contribution in [0.15, 0.2) is 47.7 Å². The Morgan fingerprint density at radius 2 is 1.85 bits per heavy atom. The van der Waals surface area contributed by atoms with Crippen LogP contribution in [0.2, 0.25) is 0 Å². The van der Waals surface area contributed by atoms with Crippen molar-refractivity contribution in [1.82, 2.24) is 20.2 Å². The second kappa shape index (κ2) is 9.11. The van der Waals surface area contributed by atoms with Crippen LogP contribution in [0, 0.1) is 0 Å². The highest BCUT2D eigenvalue weighted by Gasteiger charge is 2.21. The van der Waals surface area contributed by atoms with Gasteiger partial charge in [0.05, 0.1) is 0 Å². The zero-order chi connectivity index (χ0) is 19.1. The van der Waals surface area contributed by atoms with E-state index >= 15 is 0 Å². The average molecular weight is 376 g/mol. The Labute approximate surface area is 156 Å². The van der Waals surface area contributed by atoms with Crippen LogP contribution < -0.4 is 15.0 Å². The highest BCUT2D eigenvalue weighted by molar-refractivity contribution is 5.80. The topological polar surface area (TPSA) is 65.9 Å². The highest BCUT2D eigenvalue weighted by atomic mass is 19.3. The summed E-state index contributed by atoms with van der Waals surface area (Å²) in [6.07, 6.45) is 3.46. The molecule has 2 aromatic rings. The van der Waals surface area contributed by atoms with Crippen LogP contribution in [0.1, 0.15) is 5.56 Å². The van der Waals surface area contributed by atoms with Gasteiger partial charge in [0.15, 0.2) is 5.96 Å². The van der Waals surface area contributed by atoms with Crippen LogP contribution in [0.3, 0.4) is 0 Å². The second-order valence-corrected chi connectivity index (χ2v) is 5.91. The van der Waals surface area contributed by atoms with E-state index in [0.29, 0.717) is 12.1 Å². The van der Waals surface area contributed by atoms with Gasteiger partial charge in [-0.2, -0.15) is 8.78 Å². The standard InChI is InChI=1S/C18H22F2N6O/c1-21-17(24-13-14-5-2-3-6-15(14)27-16(19)20)25-9-11-26(12-10-25)18-22-7-4-8-23-18/h2-8,16H,9-13H2,1H3,(H,21,24). The number of piperazine rings is 1. The minimum absolute atomic E-state index is 0.168. The van der Waals surface area contributed by atoms with Crippen molar-refractivity contribution < 1.29 is 13.5 Å². The van der Waals surface area contributed by atoms with E-state index < -0.39 is 6.61 Å². The number of alkyl halides is 2. The number of halogens is 2. The molecule has 0 amide bonds. The molecule has 1 aromatic carbocycles. The molecule has 0 saturated carbocycles. The highest BCUT2D eigenvalue weighted by Crippen LogP contribution is 2.20. The third kappa shape index (κ3) is 5.02. The maximum absolute atomic E-state index is 12.5. The Balaban J connectivity index is 1.56. The van der Waals surface area contributed by atoms with Crippen molar-refractivity contribution in [3.63, 3.8) is 0 Å². The molecule has 3 rings (SSSR count). The Hall–Kier alpha value is -2.97. The third-order valence-corrected chi connectivity index (χ3v) is 4.25. The van der Waals surface area contributed by atoms with Gasteiger partial charge in [0.2, 0.25) is 5.95 Å². The van der Waals surface area contributed by atoms with Gasteiger partial charge in [-0.1, -0.05) is 18.2 Å². The normalized spacial score (nSPS) is 15.2. The molecule has 1 saturated heterocycles. The minimum atomic E-state index is -2.85. The molecule has 1 aliphatic rings. The number of guanidine groups is 1. The van der Waals surface area contributed by atoms with Crippen LogP contribution in [0.25, 0.3) is 0 Å². The number of aromatic nitrogens is 2. The molecule has 0 radical (unpaired) electrons. The molecule has 0 atom stereocenters. The van der Waals surface area contributed by atoms with E-state index in [2.05, 4.69) is 34.8 Å². The van der Waals surface area contributed by atoms with Gasteiger partial charge in [-0.3, -0.25) is 4.99 Å². The quantitative estimate of drug-likeness (QED) is 0.636. The molecular weight excluding hydrogens is 354 g/mol. The van der Waals surface area contributed by atoms with Gasteiger partial charge in [0.1, 0.15) is 5.75 Å². The third-order valence-electron chi connectivity index (χ3n) is 4.25. The number of anilines is 1. The maximum Gasteiger partial charge on any atom is 0.387 e. The van der Waals surface area contributed by atoms with Crippen molar-refractivity contribution in [2.75, 3.05) is 38.1 Å². The predicted molar refractivity (Wildman–Crippen MR) is 99.1 cm³/mol. The van der Waals surface area contributed by atoms with Gasteiger partial charge in [0.25, 0.3) is 0 Å². The molecule has 0 unspecified atom stereocenters. The van der Waals surface area contributed by atoms with Crippen molar-refractivity contribution >= 4 is 11.9 Å². The van der Waals surface area contributed by atoms with Crippen LogP contribution in [0.4, 0.5) is 14.7 Å². The summed E-state index contributed by atoms with van der Waals surface area (Å²) >= 11 is 0. The van der Waals surface area contributed by atoms with E-state index in [1.165, 1.54) is 6.07 Å². The summed E-state index contributed by atoms with van der Waals surface area (Å²) in [7, 11) is 1.70. The summed E-state index contributed by atoms with van der Waals surface area (Å²) < 4.78 is 29.7. The fourth-order valence-electron chi connectivity index (χ4n) is 2.94. The van der Waals surface area contributed by atoms with Gasteiger partial charge in [0, 0.05) is 57.7 Å². The Morgan fingerprint density at radius 3 is 2.52 bits per heavy atom. The molecule has 9 heteroatoms. The summed E-state index contributed by atoms with van der Waals surface area (Å²) in [5, 5.41) is 3.22. The summed E-state index contributed by atoms with van der Waals surface area (Å²) in [6.45, 7) is 0.558. The lowest BCUT2D eigenvalue weighted by Gasteiger charge is -2.36. The van der Waals surface area contributed by atoms with Crippen molar-refractivity contribution in [1.29, 1.82) is 0 Å². The minimum Gasteiger partial charge on any atom is -0.434 e. The van der Waals surface area contributed by atoms with Gasteiger partial charge in [-0.05, 0) is 12.1 Å². The van der Waals surface area contributed by atoms with E-state index in [0.717, 1.165) is 38.1 Å². The first-order valence-corrected chi connectivity index (χ1v) is 8.67. The number of benzene rings is 1. The van der Waals surface area contributed by atoms with E-state index in [9.17, 15) is 8.78 Å². The first-order valence-electron chi connectivity index (χ1n) is 8.67. The SMILES string of the molecule is CN=C(NCc1ccccc1OC(F)F)N1CCN(c2ncccn2)CC1. The van der Waals surface area contributed by atoms with E-state index in [1.807, 2.05) is 0 Å². The van der Waals surface area contributed by atoms with Gasteiger partial charge in [-0.15, -0.1) is 0 Å². The molecular formula is C18H22F2N6O.